The van der Waals surface area contributed by atoms with Crippen molar-refractivity contribution in [3.8, 4) is 0 Å². The Morgan fingerprint density at radius 2 is 2.18 bits per heavy atom. The Kier molecular flexibility index (Phi) is 4.80. The first-order valence-electron chi connectivity index (χ1n) is 5.07. The minimum absolute atomic E-state index is 0.120. The van der Waals surface area contributed by atoms with E-state index < -0.39 is 0 Å². The molecule has 90 valence electrons. The number of nitrogens with zero attached hydrogens (tertiary/aromatic N) is 2. The number of rotatable bonds is 4. The second-order valence-electron chi connectivity index (χ2n) is 3.48. The summed E-state index contributed by atoms with van der Waals surface area (Å²) in [6.45, 7) is 3.02. The van der Waals surface area contributed by atoms with Gasteiger partial charge >= 0.3 is 0 Å². The molecule has 17 heavy (non-hydrogen) atoms. The Hall–Kier alpha value is -2.24. The van der Waals surface area contributed by atoms with E-state index >= 15 is 0 Å². The molecule has 0 bridgehead atoms. The maximum absolute atomic E-state index is 11.5. The third-order valence-corrected chi connectivity index (χ3v) is 1.77. The average molecular weight is 234 g/mol. The largest absolute Gasteiger partial charge is 0.324 e. The quantitative estimate of drug-likeness (QED) is 0.600. The van der Waals surface area contributed by atoms with Gasteiger partial charge in [0, 0.05) is 18.8 Å². The average Bonchev–Trinajstić information content (AvgIpc) is 2.27. The normalized spacial score (nSPS) is 10.8. The van der Waals surface area contributed by atoms with Crippen molar-refractivity contribution in [2.75, 3.05) is 5.32 Å². The molecule has 1 aromatic heterocycles. The van der Waals surface area contributed by atoms with Gasteiger partial charge in [0.05, 0.1) is 18.3 Å². The number of nitrogens with one attached hydrogen (secondary N) is 2. The third kappa shape index (κ3) is 5.41. The van der Waals surface area contributed by atoms with Gasteiger partial charge in [0.1, 0.15) is 0 Å². The van der Waals surface area contributed by atoms with Crippen molar-refractivity contribution in [1.29, 1.82) is 0 Å². The van der Waals surface area contributed by atoms with Crippen molar-refractivity contribution in [1.82, 2.24) is 10.4 Å². The lowest BCUT2D eigenvalue weighted by atomic mass is 10.3. The fourth-order valence-electron chi connectivity index (χ4n) is 1.09. The Bertz CT molecular complexity index is 428. The van der Waals surface area contributed by atoms with E-state index in [9.17, 15) is 9.59 Å². The Morgan fingerprint density at radius 1 is 1.41 bits per heavy atom. The summed E-state index contributed by atoms with van der Waals surface area (Å²) in [6, 6.07) is 3.47. The molecule has 6 nitrogen and oxygen atoms in total. The monoisotopic (exact) mass is 234 g/mol. The molecule has 0 saturated heterocycles. The van der Waals surface area contributed by atoms with Gasteiger partial charge in [0.15, 0.2) is 0 Å². The van der Waals surface area contributed by atoms with Crippen LogP contribution in [-0.4, -0.2) is 22.5 Å². The molecule has 1 heterocycles. The number of aromatic nitrogens is 1. The highest BCUT2D eigenvalue weighted by Gasteiger charge is 2.04. The Labute approximate surface area is 99.1 Å². The topological polar surface area (TPSA) is 83.5 Å². The minimum Gasteiger partial charge on any atom is -0.324 e. The Balaban J connectivity index is 2.45. The molecule has 0 aliphatic carbocycles. The van der Waals surface area contributed by atoms with Gasteiger partial charge in [-0.1, -0.05) is 0 Å². The molecule has 0 radical (unpaired) electrons. The molecule has 1 aromatic rings. The fraction of sp³-hybridized carbons (Fsp3) is 0.273. The van der Waals surface area contributed by atoms with Gasteiger partial charge in [-0.2, -0.15) is 5.10 Å². The van der Waals surface area contributed by atoms with E-state index in [0.717, 1.165) is 0 Å². The molecule has 2 amide bonds. The molecule has 0 atom stereocenters. The van der Waals surface area contributed by atoms with Crippen molar-refractivity contribution in [3.63, 3.8) is 0 Å². The number of amides is 2. The van der Waals surface area contributed by atoms with E-state index in [1.54, 1.807) is 31.5 Å². The summed E-state index contributed by atoms with van der Waals surface area (Å²) >= 11 is 0. The predicted octanol–water partition coefficient (Wildman–Crippen LogP) is 0.922. The lowest BCUT2D eigenvalue weighted by Gasteiger charge is -2.04. The first kappa shape index (κ1) is 12.8. The molecule has 0 aliphatic heterocycles. The van der Waals surface area contributed by atoms with Gasteiger partial charge < -0.3 is 5.32 Å². The number of hydrogen-bond donors (Lipinski definition) is 2. The van der Waals surface area contributed by atoms with E-state index in [1.165, 1.54) is 6.92 Å². The lowest BCUT2D eigenvalue weighted by Crippen LogP contribution is -2.19. The van der Waals surface area contributed by atoms with Crippen LogP contribution in [0.5, 0.6) is 0 Å². The molecule has 0 fully saturated rings. The summed E-state index contributed by atoms with van der Waals surface area (Å²) < 4.78 is 0. The SMILES string of the molecule is CC(=O)N/N=C(\C)CC(=O)Nc1cccnc1. The minimum atomic E-state index is -0.267. The van der Waals surface area contributed by atoms with Crippen molar-refractivity contribution in [3.05, 3.63) is 24.5 Å². The third-order valence-electron chi connectivity index (χ3n) is 1.77. The standard InChI is InChI=1S/C11H14N4O2/c1-8(14-15-9(2)16)6-11(17)13-10-4-3-5-12-7-10/h3-5,7H,6H2,1-2H3,(H,13,17)(H,15,16)/b14-8+. The molecule has 0 spiro atoms. The number of hydrazone groups is 1. The number of hydrogen-bond acceptors (Lipinski definition) is 4. The molecule has 0 unspecified atom stereocenters. The molecule has 1 rings (SSSR count). The van der Waals surface area contributed by atoms with Crippen LogP contribution < -0.4 is 10.7 Å². The molecule has 0 aliphatic rings. The van der Waals surface area contributed by atoms with Crippen molar-refractivity contribution in [2.24, 2.45) is 5.10 Å². The summed E-state index contributed by atoms with van der Waals surface area (Å²) in [4.78, 5) is 26.0. The lowest BCUT2D eigenvalue weighted by molar-refractivity contribution is -0.119. The highest BCUT2D eigenvalue weighted by atomic mass is 16.2. The molecule has 0 aromatic carbocycles. The van der Waals surface area contributed by atoms with Crippen LogP contribution in [0.2, 0.25) is 0 Å². The number of pyridine rings is 1. The predicted molar refractivity (Wildman–Crippen MR) is 64.4 cm³/mol. The fourth-order valence-corrected chi connectivity index (χ4v) is 1.09. The van der Waals surface area contributed by atoms with Crippen molar-refractivity contribution >= 4 is 23.2 Å². The van der Waals surface area contributed by atoms with Gasteiger partial charge in [-0.25, -0.2) is 5.43 Å². The van der Waals surface area contributed by atoms with Crippen LogP contribution in [0, 0.1) is 0 Å². The maximum atomic E-state index is 11.5. The van der Waals surface area contributed by atoms with Crippen LogP contribution in [0.15, 0.2) is 29.6 Å². The smallest absolute Gasteiger partial charge is 0.236 e. The van der Waals surface area contributed by atoms with E-state index in [-0.39, 0.29) is 18.2 Å². The zero-order chi connectivity index (χ0) is 12.7. The van der Waals surface area contributed by atoms with Crippen LogP contribution in [0.4, 0.5) is 5.69 Å². The van der Waals surface area contributed by atoms with Gasteiger partial charge in [-0.05, 0) is 19.1 Å². The summed E-state index contributed by atoms with van der Waals surface area (Å²) in [5.74, 6) is -0.471. The summed E-state index contributed by atoms with van der Waals surface area (Å²) in [5.41, 5.74) is 3.43. The molecular weight excluding hydrogens is 220 g/mol. The van der Waals surface area contributed by atoms with Gasteiger partial charge in [0.2, 0.25) is 11.8 Å². The molecule has 6 heteroatoms. The Morgan fingerprint density at radius 3 is 2.76 bits per heavy atom. The first-order valence-corrected chi connectivity index (χ1v) is 5.07. The second-order valence-corrected chi connectivity index (χ2v) is 3.48. The first-order chi connectivity index (χ1) is 8.08. The molecule has 0 saturated carbocycles. The highest BCUT2D eigenvalue weighted by molar-refractivity contribution is 6.05. The van der Waals surface area contributed by atoms with Crippen LogP contribution in [0.25, 0.3) is 0 Å². The van der Waals surface area contributed by atoms with Crippen LogP contribution in [-0.2, 0) is 9.59 Å². The van der Waals surface area contributed by atoms with Crippen LogP contribution >= 0.6 is 0 Å². The zero-order valence-corrected chi connectivity index (χ0v) is 9.73. The molecule has 2 N–H and O–H groups in total. The highest BCUT2D eigenvalue weighted by Crippen LogP contribution is 2.03. The summed E-state index contributed by atoms with van der Waals surface area (Å²) in [6.07, 6.45) is 3.30. The van der Waals surface area contributed by atoms with Gasteiger partial charge in [-0.3, -0.25) is 14.6 Å². The van der Waals surface area contributed by atoms with Gasteiger partial charge in [0.25, 0.3) is 0 Å². The second kappa shape index (κ2) is 6.37. The number of carbonyl (C=O) groups excluding carboxylic acids is 2. The van der Waals surface area contributed by atoms with Gasteiger partial charge in [-0.15, -0.1) is 0 Å². The number of anilines is 1. The maximum Gasteiger partial charge on any atom is 0.236 e. The van der Waals surface area contributed by atoms with E-state index in [2.05, 4.69) is 20.8 Å². The van der Waals surface area contributed by atoms with Crippen LogP contribution in [0.1, 0.15) is 20.3 Å². The van der Waals surface area contributed by atoms with Crippen molar-refractivity contribution < 1.29 is 9.59 Å². The van der Waals surface area contributed by atoms with E-state index in [4.69, 9.17) is 0 Å². The molecular formula is C11H14N4O2. The van der Waals surface area contributed by atoms with E-state index in [0.29, 0.717) is 11.4 Å². The van der Waals surface area contributed by atoms with E-state index in [1.807, 2.05) is 0 Å². The summed E-state index contributed by atoms with van der Waals surface area (Å²) in [5, 5.41) is 6.41. The zero-order valence-electron chi connectivity index (χ0n) is 9.73. The van der Waals surface area contributed by atoms with Crippen LogP contribution in [0.3, 0.4) is 0 Å². The van der Waals surface area contributed by atoms with Crippen molar-refractivity contribution in [2.45, 2.75) is 20.3 Å². The number of carbonyl (C=O) groups is 2. The summed E-state index contributed by atoms with van der Waals surface area (Å²) in [7, 11) is 0.